The van der Waals surface area contributed by atoms with E-state index in [0.29, 0.717) is 0 Å². The van der Waals surface area contributed by atoms with Crippen LogP contribution in [-0.4, -0.2) is 18.5 Å². The molecule has 1 rings (SSSR count). The van der Waals surface area contributed by atoms with Crippen molar-refractivity contribution >= 4 is 22.6 Å². The lowest BCUT2D eigenvalue weighted by molar-refractivity contribution is -0.275. The number of alkyl halides is 3. The van der Waals surface area contributed by atoms with E-state index in [1.807, 2.05) is 0 Å². The molecule has 0 unspecified atom stereocenters. The third-order valence-electron chi connectivity index (χ3n) is 1.39. The summed E-state index contributed by atoms with van der Waals surface area (Å²) in [6.07, 6.45) is -3.85. The van der Waals surface area contributed by atoms with Crippen LogP contribution in [0.25, 0.3) is 0 Å². The number of pyridine rings is 1. The summed E-state index contributed by atoms with van der Waals surface area (Å²) < 4.78 is 44.0. The van der Waals surface area contributed by atoms with Gasteiger partial charge in [-0.15, -0.1) is 13.2 Å². The summed E-state index contributed by atoms with van der Waals surface area (Å²) in [7, 11) is 1.17. The van der Waals surface area contributed by atoms with Gasteiger partial charge in [0.15, 0.2) is 11.5 Å². The number of aromatic nitrogens is 1. The van der Waals surface area contributed by atoms with E-state index in [2.05, 4.69) is 14.5 Å². The average molecular weight is 335 g/mol. The van der Waals surface area contributed by atoms with Crippen LogP contribution in [0.4, 0.5) is 13.2 Å². The summed E-state index contributed by atoms with van der Waals surface area (Å²) in [6.45, 7) is 0. The Balaban J connectivity index is 3.24. The van der Waals surface area contributed by atoms with Crippen molar-refractivity contribution in [3.8, 4) is 11.5 Å². The highest BCUT2D eigenvalue weighted by atomic mass is 127. The summed E-state index contributed by atoms with van der Waals surface area (Å²) in [5, 5.41) is 0. The van der Waals surface area contributed by atoms with Crippen molar-refractivity contribution in [1.29, 1.82) is 0 Å². The summed E-state index contributed by atoms with van der Waals surface area (Å²) in [6, 6.07) is 0. The molecule has 0 saturated carbocycles. The van der Waals surface area contributed by atoms with Crippen molar-refractivity contribution in [3.05, 3.63) is 20.1 Å². The second-order valence-electron chi connectivity index (χ2n) is 2.38. The molecule has 0 aliphatic carbocycles. The predicted octanol–water partition coefficient (Wildman–Crippen LogP) is 1.89. The van der Waals surface area contributed by atoms with Crippen LogP contribution in [0.3, 0.4) is 0 Å². The number of hydrogen-bond donors (Lipinski definition) is 1. The van der Waals surface area contributed by atoms with Crippen molar-refractivity contribution in [1.82, 2.24) is 4.98 Å². The first-order chi connectivity index (χ1) is 6.85. The largest absolute Gasteiger partial charge is 0.573 e. The third-order valence-corrected chi connectivity index (χ3v) is 2.37. The molecule has 8 heteroatoms. The molecule has 0 aliphatic rings. The number of methoxy groups -OCH3 is 1. The minimum Gasteiger partial charge on any atom is -0.491 e. The fraction of sp³-hybridized carbons (Fsp3) is 0.286. The lowest BCUT2D eigenvalue weighted by Gasteiger charge is -2.12. The Bertz CT molecular complexity index is 415. The van der Waals surface area contributed by atoms with Crippen molar-refractivity contribution in [3.63, 3.8) is 0 Å². The first-order valence-electron chi connectivity index (χ1n) is 3.56. The minimum atomic E-state index is -4.86. The molecule has 1 heterocycles. The van der Waals surface area contributed by atoms with Crippen molar-refractivity contribution < 1.29 is 22.6 Å². The van der Waals surface area contributed by atoms with Crippen molar-refractivity contribution in [2.24, 2.45) is 0 Å². The number of H-pyrrole nitrogens is 1. The molecule has 15 heavy (non-hydrogen) atoms. The van der Waals surface area contributed by atoms with Gasteiger partial charge in [-0.3, -0.25) is 4.79 Å². The molecule has 0 bridgehead atoms. The Morgan fingerprint density at radius 3 is 2.53 bits per heavy atom. The molecule has 0 saturated heterocycles. The monoisotopic (exact) mass is 335 g/mol. The number of rotatable bonds is 2. The molecule has 1 aromatic heterocycles. The van der Waals surface area contributed by atoms with Crippen LogP contribution in [-0.2, 0) is 0 Å². The zero-order chi connectivity index (χ0) is 11.6. The SMILES string of the molecule is COc1c[nH]c(=O)c(I)c1OC(F)(F)F. The molecule has 84 valence electrons. The molecule has 4 nitrogen and oxygen atoms in total. The maximum absolute atomic E-state index is 12.0. The highest BCUT2D eigenvalue weighted by Crippen LogP contribution is 2.33. The van der Waals surface area contributed by atoms with Gasteiger partial charge in [0.2, 0.25) is 0 Å². The van der Waals surface area contributed by atoms with Gasteiger partial charge in [0.1, 0.15) is 3.57 Å². The third kappa shape index (κ3) is 3.01. The first-order valence-corrected chi connectivity index (χ1v) is 4.64. The smallest absolute Gasteiger partial charge is 0.491 e. The zero-order valence-electron chi connectivity index (χ0n) is 7.31. The van der Waals surface area contributed by atoms with Crippen LogP contribution < -0.4 is 15.0 Å². The van der Waals surface area contributed by atoms with E-state index in [4.69, 9.17) is 0 Å². The van der Waals surface area contributed by atoms with Crippen molar-refractivity contribution in [2.45, 2.75) is 6.36 Å². The number of aromatic amines is 1. The van der Waals surface area contributed by atoms with E-state index in [1.54, 1.807) is 0 Å². The van der Waals surface area contributed by atoms with Crippen LogP contribution >= 0.6 is 22.6 Å². The van der Waals surface area contributed by atoms with Gasteiger partial charge in [-0.2, -0.15) is 0 Å². The Labute approximate surface area is 95.5 Å². The Kier molecular flexibility index (Phi) is 3.47. The molecule has 0 radical (unpaired) electrons. The maximum Gasteiger partial charge on any atom is 0.573 e. The topological polar surface area (TPSA) is 51.3 Å². The van der Waals surface area contributed by atoms with Gasteiger partial charge < -0.3 is 14.5 Å². The van der Waals surface area contributed by atoms with Crippen LogP contribution in [0.1, 0.15) is 0 Å². The Morgan fingerprint density at radius 1 is 1.47 bits per heavy atom. The molecule has 0 fully saturated rings. The quantitative estimate of drug-likeness (QED) is 0.840. The number of ether oxygens (including phenoxy) is 2. The predicted molar refractivity (Wildman–Crippen MR) is 53.0 cm³/mol. The van der Waals surface area contributed by atoms with Crippen LogP contribution in [0.2, 0.25) is 0 Å². The van der Waals surface area contributed by atoms with Gasteiger partial charge in [0.05, 0.1) is 13.3 Å². The number of halogens is 4. The summed E-state index contributed by atoms with van der Waals surface area (Å²) in [5.74, 6) is -0.814. The summed E-state index contributed by atoms with van der Waals surface area (Å²) in [5.41, 5.74) is -0.671. The fourth-order valence-corrected chi connectivity index (χ4v) is 1.37. The maximum atomic E-state index is 12.0. The summed E-state index contributed by atoms with van der Waals surface area (Å²) in [4.78, 5) is 13.2. The van der Waals surface area contributed by atoms with E-state index in [0.717, 1.165) is 6.20 Å². The molecule has 0 amide bonds. The Hall–Kier alpha value is -0.930. The van der Waals surface area contributed by atoms with Gasteiger partial charge in [-0.1, -0.05) is 0 Å². The number of nitrogens with one attached hydrogen (secondary N) is 1. The average Bonchev–Trinajstić information content (AvgIpc) is 2.11. The van der Waals surface area contributed by atoms with Crippen LogP contribution in [0.15, 0.2) is 11.0 Å². The molecule has 1 N–H and O–H groups in total. The van der Waals surface area contributed by atoms with Gasteiger partial charge in [-0.25, -0.2) is 0 Å². The van der Waals surface area contributed by atoms with Crippen molar-refractivity contribution in [2.75, 3.05) is 7.11 Å². The lowest BCUT2D eigenvalue weighted by Crippen LogP contribution is -2.21. The van der Waals surface area contributed by atoms with Gasteiger partial charge in [-0.05, 0) is 22.6 Å². The molecular formula is C7H5F3INO3. The second kappa shape index (κ2) is 4.29. The molecule has 0 atom stereocenters. The standard InChI is InChI=1S/C7H5F3INO3/c1-14-3-2-12-6(13)4(11)5(3)15-7(8,9)10/h2H,1H3,(H,12,13). The van der Waals surface area contributed by atoms with E-state index in [1.165, 1.54) is 29.7 Å². The van der Waals surface area contributed by atoms with Gasteiger partial charge in [0.25, 0.3) is 5.56 Å². The summed E-state index contributed by atoms with van der Waals surface area (Å²) >= 11 is 1.45. The van der Waals surface area contributed by atoms with E-state index in [9.17, 15) is 18.0 Å². The molecule has 0 aliphatic heterocycles. The zero-order valence-corrected chi connectivity index (χ0v) is 9.47. The fourth-order valence-electron chi connectivity index (χ4n) is 0.834. The second-order valence-corrected chi connectivity index (χ2v) is 3.46. The first kappa shape index (κ1) is 12.1. The van der Waals surface area contributed by atoms with Crippen LogP contribution in [0, 0.1) is 3.57 Å². The van der Waals surface area contributed by atoms with Crippen LogP contribution in [0.5, 0.6) is 11.5 Å². The molecular weight excluding hydrogens is 330 g/mol. The Morgan fingerprint density at radius 2 is 2.07 bits per heavy atom. The van der Waals surface area contributed by atoms with Gasteiger partial charge >= 0.3 is 6.36 Å². The van der Waals surface area contributed by atoms with E-state index in [-0.39, 0.29) is 9.32 Å². The molecule has 0 aromatic carbocycles. The highest BCUT2D eigenvalue weighted by Gasteiger charge is 2.34. The van der Waals surface area contributed by atoms with E-state index >= 15 is 0 Å². The normalized spacial score (nSPS) is 11.3. The molecule has 0 spiro atoms. The number of hydrogen-bond acceptors (Lipinski definition) is 3. The minimum absolute atomic E-state index is 0.184. The highest BCUT2D eigenvalue weighted by molar-refractivity contribution is 14.1. The molecule has 1 aromatic rings. The van der Waals surface area contributed by atoms with Gasteiger partial charge in [0, 0.05) is 0 Å². The lowest BCUT2D eigenvalue weighted by atomic mass is 10.4. The van der Waals surface area contributed by atoms with E-state index < -0.39 is 17.7 Å².